The normalized spacial score (nSPS) is 15.0. The molecule has 1 heterocycles. The van der Waals surface area contributed by atoms with Crippen LogP contribution < -0.4 is 10.6 Å². The summed E-state index contributed by atoms with van der Waals surface area (Å²) in [4.78, 5) is 34.8. The molecule has 0 unspecified atom stereocenters. The fourth-order valence-electron chi connectivity index (χ4n) is 2.80. The van der Waals surface area contributed by atoms with Gasteiger partial charge in [0.05, 0.1) is 0 Å². The molecule has 0 bridgehead atoms. The summed E-state index contributed by atoms with van der Waals surface area (Å²) in [6.45, 7) is 2.62. The Labute approximate surface area is 141 Å². The van der Waals surface area contributed by atoms with Crippen LogP contribution in [-0.4, -0.2) is 42.4 Å². The minimum absolute atomic E-state index is 0.0256. The maximum atomic E-state index is 12.2. The lowest BCUT2D eigenvalue weighted by molar-refractivity contribution is -0.137. The maximum Gasteiger partial charge on any atom is 0.303 e. The third-order valence-corrected chi connectivity index (χ3v) is 4.25. The average molecular weight is 332 g/mol. The topological polar surface area (TPSA) is 95.5 Å². The van der Waals surface area contributed by atoms with E-state index in [1.807, 2.05) is 0 Å². The molecule has 0 spiro atoms. The highest BCUT2D eigenvalue weighted by Gasteiger charge is 2.15. The average Bonchev–Trinajstić information content (AvgIpc) is 2.60. The summed E-state index contributed by atoms with van der Waals surface area (Å²) in [7, 11) is 0. The summed E-state index contributed by atoms with van der Waals surface area (Å²) in [5.41, 5.74) is 0.919. The van der Waals surface area contributed by atoms with Crippen molar-refractivity contribution in [1.82, 2.24) is 10.6 Å². The molecule has 1 aromatic rings. The van der Waals surface area contributed by atoms with Gasteiger partial charge in [-0.2, -0.15) is 0 Å². The van der Waals surface area contributed by atoms with E-state index in [-0.39, 0.29) is 24.5 Å². The van der Waals surface area contributed by atoms with Crippen molar-refractivity contribution in [2.75, 3.05) is 19.6 Å². The van der Waals surface area contributed by atoms with E-state index in [2.05, 4.69) is 10.6 Å². The van der Waals surface area contributed by atoms with E-state index in [1.165, 1.54) is 0 Å². The van der Waals surface area contributed by atoms with Crippen LogP contribution in [0.3, 0.4) is 0 Å². The molecule has 1 saturated heterocycles. The predicted octanol–water partition coefficient (Wildman–Crippen LogP) is 1.85. The van der Waals surface area contributed by atoms with Gasteiger partial charge in [-0.3, -0.25) is 14.4 Å². The lowest BCUT2D eigenvalue weighted by Gasteiger charge is -2.22. The molecular formula is C18H24N2O4. The fraction of sp³-hybridized carbons (Fsp3) is 0.500. The second-order valence-electron chi connectivity index (χ2n) is 6.15. The van der Waals surface area contributed by atoms with E-state index >= 15 is 0 Å². The summed E-state index contributed by atoms with van der Waals surface area (Å²) in [5.74, 6) is -0.720. The number of aliphatic carboxylic acids is 1. The monoisotopic (exact) mass is 332 g/mol. The van der Waals surface area contributed by atoms with Gasteiger partial charge in [-0.25, -0.2) is 0 Å². The first kappa shape index (κ1) is 18.1. The van der Waals surface area contributed by atoms with Gasteiger partial charge in [0, 0.05) is 30.5 Å². The molecule has 24 heavy (non-hydrogen) atoms. The number of Topliss-reactive ketones (excluding diaryl/α,β-unsaturated/α-hetero) is 1. The Morgan fingerprint density at radius 1 is 1.12 bits per heavy atom. The van der Waals surface area contributed by atoms with Gasteiger partial charge in [-0.1, -0.05) is 12.1 Å². The first-order chi connectivity index (χ1) is 11.6. The van der Waals surface area contributed by atoms with Crippen molar-refractivity contribution in [1.29, 1.82) is 0 Å². The zero-order valence-corrected chi connectivity index (χ0v) is 13.7. The minimum atomic E-state index is -0.908. The molecule has 0 radical (unpaired) electrons. The van der Waals surface area contributed by atoms with Gasteiger partial charge in [0.25, 0.3) is 5.91 Å². The molecule has 1 fully saturated rings. The molecule has 0 aliphatic carbocycles. The minimum Gasteiger partial charge on any atom is -0.481 e. The number of nitrogens with one attached hydrogen (secondary N) is 2. The number of piperidine rings is 1. The van der Waals surface area contributed by atoms with Crippen molar-refractivity contribution in [3.8, 4) is 0 Å². The van der Waals surface area contributed by atoms with E-state index in [0.717, 1.165) is 25.9 Å². The van der Waals surface area contributed by atoms with Gasteiger partial charge < -0.3 is 15.7 Å². The van der Waals surface area contributed by atoms with E-state index in [1.54, 1.807) is 24.3 Å². The molecule has 130 valence electrons. The van der Waals surface area contributed by atoms with Crippen molar-refractivity contribution in [2.45, 2.75) is 32.1 Å². The highest BCUT2D eigenvalue weighted by atomic mass is 16.4. The first-order valence-electron chi connectivity index (χ1n) is 8.40. The molecule has 6 heteroatoms. The number of carboxylic acid groups (broad SMARTS) is 1. The van der Waals surface area contributed by atoms with Gasteiger partial charge >= 0.3 is 5.97 Å². The van der Waals surface area contributed by atoms with Crippen molar-refractivity contribution in [3.05, 3.63) is 35.4 Å². The van der Waals surface area contributed by atoms with E-state index in [0.29, 0.717) is 30.0 Å². The Balaban J connectivity index is 1.87. The SMILES string of the molecule is O=C(O)CCCC(=O)c1cccc(C(=O)NCC2CCNCC2)c1. The fourth-order valence-corrected chi connectivity index (χ4v) is 2.80. The molecule has 1 aliphatic heterocycles. The highest BCUT2D eigenvalue weighted by molar-refractivity contribution is 6.00. The smallest absolute Gasteiger partial charge is 0.303 e. The molecule has 2 rings (SSSR count). The molecule has 1 amide bonds. The number of hydrogen-bond donors (Lipinski definition) is 3. The zero-order valence-electron chi connectivity index (χ0n) is 13.7. The highest BCUT2D eigenvalue weighted by Crippen LogP contribution is 2.12. The molecule has 1 aromatic carbocycles. The Bertz CT molecular complexity index is 594. The number of amides is 1. The summed E-state index contributed by atoms with van der Waals surface area (Å²) < 4.78 is 0. The summed E-state index contributed by atoms with van der Waals surface area (Å²) in [6.07, 6.45) is 2.57. The molecule has 6 nitrogen and oxygen atoms in total. The first-order valence-corrected chi connectivity index (χ1v) is 8.40. The van der Waals surface area contributed by atoms with Gasteiger partial charge in [-0.15, -0.1) is 0 Å². The summed E-state index contributed by atoms with van der Waals surface area (Å²) >= 11 is 0. The molecule has 1 aliphatic rings. The summed E-state index contributed by atoms with van der Waals surface area (Å²) in [5, 5.41) is 14.8. The van der Waals surface area contributed by atoms with Crippen LogP contribution in [0.25, 0.3) is 0 Å². The van der Waals surface area contributed by atoms with Crippen LogP contribution in [0.2, 0.25) is 0 Å². The number of carbonyl (C=O) groups is 3. The lowest BCUT2D eigenvalue weighted by Crippen LogP contribution is -2.36. The van der Waals surface area contributed by atoms with Gasteiger partial charge in [0.15, 0.2) is 5.78 Å². The third-order valence-electron chi connectivity index (χ3n) is 4.25. The Morgan fingerprint density at radius 2 is 1.83 bits per heavy atom. The maximum absolute atomic E-state index is 12.2. The largest absolute Gasteiger partial charge is 0.481 e. The number of rotatable bonds is 8. The van der Waals surface area contributed by atoms with Crippen LogP contribution in [0.4, 0.5) is 0 Å². The standard InChI is InChI=1S/C18H24N2O4/c21-16(5-2-6-17(22)23)14-3-1-4-15(11-14)18(24)20-12-13-7-9-19-10-8-13/h1,3-4,11,13,19H,2,5-10,12H2,(H,20,24)(H,22,23). The number of ketones is 1. The van der Waals surface area contributed by atoms with Crippen molar-refractivity contribution < 1.29 is 19.5 Å². The Hall–Kier alpha value is -2.21. The molecule has 0 aromatic heterocycles. The predicted molar refractivity (Wildman–Crippen MR) is 90.2 cm³/mol. The number of benzene rings is 1. The third kappa shape index (κ3) is 5.77. The molecule has 3 N–H and O–H groups in total. The van der Waals surface area contributed by atoms with E-state index < -0.39 is 5.97 Å². The van der Waals surface area contributed by atoms with Crippen molar-refractivity contribution in [2.24, 2.45) is 5.92 Å². The van der Waals surface area contributed by atoms with Gasteiger partial charge in [0.2, 0.25) is 0 Å². The number of carbonyl (C=O) groups excluding carboxylic acids is 2. The van der Waals surface area contributed by atoms with Crippen molar-refractivity contribution >= 4 is 17.7 Å². The van der Waals surface area contributed by atoms with Crippen molar-refractivity contribution in [3.63, 3.8) is 0 Å². The Kier molecular flexibility index (Phi) is 6.93. The van der Waals surface area contributed by atoms with Gasteiger partial charge in [-0.05, 0) is 50.4 Å². The summed E-state index contributed by atoms with van der Waals surface area (Å²) in [6, 6.07) is 6.61. The number of carboxylic acids is 1. The Morgan fingerprint density at radius 3 is 2.54 bits per heavy atom. The number of hydrogen-bond acceptors (Lipinski definition) is 4. The second-order valence-corrected chi connectivity index (χ2v) is 6.15. The quantitative estimate of drug-likeness (QED) is 0.632. The molecule has 0 atom stereocenters. The van der Waals surface area contributed by atoms with Crippen LogP contribution in [0, 0.1) is 5.92 Å². The van der Waals surface area contributed by atoms with Crippen LogP contribution >= 0.6 is 0 Å². The molecular weight excluding hydrogens is 308 g/mol. The van der Waals surface area contributed by atoms with E-state index in [9.17, 15) is 14.4 Å². The lowest BCUT2D eigenvalue weighted by atomic mass is 9.98. The van der Waals surface area contributed by atoms with E-state index in [4.69, 9.17) is 5.11 Å². The van der Waals surface area contributed by atoms with Crippen LogP contribution in [0.15, 0.2) is 24.3 Å². The second kappa shape index (κ2) is 9.17. The van der Waals surface area contributed by atoms with Crippen LogP contribution in [-0.2, 0) is 4.79 Å². The zero-order chi connectivity index (χ0) is 17.4. The molecule has 0 saturated carbocycles. The van der Waals surface area contributed by atoms with Crippen LogP contribution in [0.1, 0.15) is 52.8 Å². The van der Waals surface area contributed by atoms with Crippen LogP contribution in [0.5, 0.6) is 0 Å². The van der Waals surface area contributed by atoms with Gasteiger partial charge in [0.1, 0.15) is 0 Å².